The van der Waals surface area contributed by atoms with Crippen LogP contribution in [0.4, 0.5) is 4.79 Å². The maximum Gasteiger partial charge on any atom is 0.407 e. The van der Waals surface area contributed by atoms with E-state index in [4.69, 9.17) is 4.74 Å². The van der Waals surface area contributed by atoms with Crippen LogP contribution in [0.25, 0.3) is 17.1 Å². The quantitative estimate of drug-likeness (QED) is 0.539. The van der Waals surface area contributed by atoms with E-state index in [9.17, 15) is 24.6 Å². The van der Waals surface area contributed by atoms with E-state index in [2.05, 4.69) is 4.98 Å². The molecular weight excluding hydrogens is 464 g/mol. The SMILES string of the molecule is CCOc1cccc(-n2cc(C(=O)N3CCN(C(=O)O)C[C@]3(C)C(=O)O)nc2-c2ccc(C)cc2)c1. The van der Waals surface area contributed by atoms with Crippen LogP contribution in [0.2, 0.25) is 0 Å². The van der Waals surface area contributed by atoms with Gasteiger partial charge in [0.2, 0.25) is 0 Å². The molecule has 1 atom stereocenters. The maximum atomic E-state index is 13.6. The summed E-state index contributed by atoms with van der Waals surface area (Å²) in [6.45, 7) is 5.31. The molecule has 1 aromatic heterocycles. The molecule has 4 rings (SSSR count). The number of aromatic nitrogens is 2. The van der Waals surface area contributed by atoms with Crippen LogP contribution in [0, 0.1) is 6.92 Å². The van der Waals surface area contributed by atoms with Crippen molar-refractivity contribution in [1.82, 2.24) is 19.4 Å². The number of rotatable bonds is 6. The molecule has 2 amide bonds. The molecule has 1 saturated heterocycles. The smallest absolute Gasteiger partial charge is 0.407 e. The van der Waals surface area contributed by atoms with E-state index < -0.39 is 23.5 Å². The maximum absolute atomic E-state index is 13.6. The molecule has 0 aliphatic carbocycles. The number of carbonyl (C=O) groups is 3. The highest BCUT2D eigenvalue weighted by molar-refractivity contribution is 5.97. The van der Waals surface area contributed by atoms with Crippen molar-refractivity contribution in [2.75, 3.05) is 26.2 Å². The Balaban J connectivity index is 1.79. The van der Waals surface area contributed by atoms with Gasteiger partial charge < -0.3 is 24.7 Å². The number of hydrogen-bond donors (Lipinski definition) is 2. The number of imidazole rings is 1. The Labute approximate surface area is 208 Å². The minimum Gasteiger partial charge on any atom is -0.494 e. The van der Waals surface area contributed by atoms with Crippen molar-refractivity contribution in [2.45, 2.75) is 26.3 Å². The minimum atomic E-state index is -1.74. The van der Waals surface area contributed by atoms with Gasteiger partial charge in [0.05, 0.1) is 18.8 Å². The molecular formula is C26H28N4O6. The van der Waals surface area contributed by atoms with E-state index in [0.717, 1.165) is 21.7 Å². The Morgan fingerprint density at radius 2 is 1.81 bits per heavy atom. The van der Waals surface area contributed by atoms with Gasteiger partial charge >= 0.3 is 12.1 Å². The number of nitrogens with zero attached hydrogens (tertiary/aromatic N) is 4. The van der Waals surface area contributed by atoms with Gasteiger partial charge in [-0.25, -0.2) is 14.6 Å². The molecule has 0 unspecified atom stereocenters. The van der Waals surface area contributed by atoms with Crippen molar-refractivity contribution in [3.8, 4) is 22.8 Å². The molecule has 0 spiro atoms. The highest BCUT2D eigenvalue weighted by Crippen LogP contribution is 2.29. The van der Waals surface area contributed by atoms with Gasteiger partial charge in [-0.3, -0.25) is 9.36 Å². The fourth-order valence-corrected chi connectivity index (χ4v) is 4.29. The van der Waals surface area contributed by atoms with Gasteiger partial charge in [-0.2, -0.15) is 0 Å². The predicted octanol–water partition coefficient (Wildman–Crippen LogP) is 3.53. The van der Waals surface area contributed by atoms with Gasteiger partial charge in [0.15, 0.2) is 5.54 Å². The second kappa shape index (κ2) is 9.73. The van der Waals surface area contributed by atoms with E-state index in [-0.39, 0.29) is 25.3 Å². The average Bonchev–Trinajstić information content (AvgIpc) is 3.30. The topological polar surface area (TPSA) is 125 Å². The Morgan fingerprint density at radius 3 is 2.44 bits per heavy atom. The van der Waals surface area contributed by atoms with Gasteiger partial charge in [0, 0.05) is 30.9 Å². The van der Waals surface area contributed by atoms with Crippen LogP contribution in [-0.2, 0) is 4.79 Å². The molecule has 1 aliphatic rings. The van der Waals surface area contributed by atoms with Crippen molar-refractivity contribution in [2.24, 2.45) is 0 Å². The summed E-state index contributed by atoms with van der Waals surface area (Å²) in [7, 11) is 0. The number of aryl methyl sites for hydroxylation is 1. The number of ether oxygens (including phenoxy) is 1. The Bertz CT molecular complexity index is 1300. The molecule has 188 valence electrons. The van der Waals surface area contributed by atoms with Crippen molar-refractivity contribution in [3.05, 3.63) is 66.0 Å². The zero-order chi connectivity index (χ0) is 26.0. The molecule has 10 nitrogen and oxygen atoms in total. The van der Waals surface area contributed by atoms with Crippen LogP contribution < -0.4 is 4.74 Å². The lowest BCUT2D eigenvalue weighted by molar-refractivity contribution is -0.151. The predicted molar refractivity (Wildman–Crippen MR) is 132 cm³/mol. The third-order valence-corrected chi connectivity index (χ3v) is 6.31. The van der Waals surface area contributed by atoms with Crippen molar-refractivity contribution < 1.29 is 29.3 Å². The first-order valence-corrected chi connectivity index (χ1v) is 11.6. The van der Waals surface area contributed by atoms with Gasteiger partial charge in [-0.1, -0.05) is 35.9 Å². The van der Waals surface area contributed by atoms with Crippen molar-refractivity contribution in [3.63, 3.8) is 0 Å². The summed E-state index contributed by atoms with van der Waals surface area (Å²) in [6.07, 6.45) is 0.351. The lowest BCUT2D eigenvalue weighted by Crippen LogP contribution is -2.66. The first-order chi connectivity index (χ1) is 17.1. The summed E-state index contributed by atoms with van der Waals surface area (Å²) in [5, 5.41) is 19.3. The van der Waals surface area contributed by atoms with Crippen LogP contribution in [0.3, 0.4) is 0 Å². The van der Waals surface area contributed by atoms with E-state index in [1.165, 1.54) is 11.8 Å². The second-order valence-corrected chi connectivity index (χ2v) is 8.86. The lowest BCUT2D eigenvalue weighted by atomic mass is 9.96. The number of carbonyl (C=O) groups excluding carboxylic acids is 1. The molecule has 0 radical (unpaired) electrons. The Kier molecular flexibility index (Phi) is 6.69. The molecule has 2 N–H and O–H groups in total. The van der Waals surface area contributed by atoms with Crippen molar-refractivity contribution in [1.29, 1.82) is 0 Å². The second-order valence-electron chi connectivity index (χ2n) is 8.86. The van der Waals surface area contributed by atoms with Crippen LogP contribution >= 0.6 is 0 Å². The van der Waals surface area contributed by atoms with Gasteiger partial charge in [-0.15, -0.1) is 0 Å². The third-order valence-electron chi connectivity index (χ3n) is 6.31. The number of benzene rings is 2. The summed E-state index contributed by atoms with van der Waals surface area (Å²) >= 11 is 0. The summed E-state index contributed by atoms with van der Waals surface area (Å²) in [5.74, 6) is -0.703. The number of carboxylic acid groups (broad SMARTS) is 2. The number of piperazine rings is 1. The first kappa shape index (κ1) is 24.8. The summed E-state index contributed by atoms with van der Waals surface area (Å²) in [4.78, 5) is 44.1. The standard InChI is InChI=1S/C26H28N4O6/c1-4-36-20-7-5-6-19(14-20)29-15-21(27-22(29)18-10-8-17(2)9-11-18)23(31)30-13-12-28(25(34)35)16-26(30,3)24(32)33/h5-11,14-15H,4,12-13,16H2,1-3H3,(H,32,33)(H,34,35)/t26-/m1/s1. The average molecular weight is 493 g/mol. The molecule has 2 heterocycles. The molecule has 0 saturated carbocycles. The van der Waals surface area contributed by atoms with E-state index in [0.29, 0.717) is 18.2 Å². The molecule has 36 heavy (non-hydrogen) atoms. The summed E-state index contributed by atoms with van der Waals surface area (Å²) in [6, 6.07) is 15.1. The van der Waals surface area contributed by atoms with E-state index in [1.807, 2.05) is 62.4 Å². The minimum absolute atomic E-state index is 0.00583. The number of aliphatic carboxylic acids is 1. The Hall–Kier alpha value is -4.34. The monoisotopic (exact) mass is 492 g/mol. The zero-order valence-corrected chi connectivity index (χ0v) is 20.3. The molecule has 3 aromatic rings. The van der Waals surface area contributed by atoms with Gasteiger partial charge in [0.1, 0.15) is 17.3 Å². The first-order valence-electron chi connectivity index (χ1n) is 11.6. The van der Waals surface area contributed by atoms with Crippen LogP contribution in [0.5, 0.6) is 5.75 Å². The lowest BCUT2D eigenvalue weighted by Gasteiger charge is -2.44. The highest BCUT2D eigenvalue weighted by atomic mass is 16.5. The van der Waals surface area contributed by atoms with Gasteiger partial charge in [-0.05, 0) is 32.9 Å². The normalized spacial score (nSPS) is 17.6. The highest BCUT2D eigenvalue weighted by Gasteiger charge is 2.48. The van der Waals surface area contributed by atoms with Gasteiger partial charge in [0.25, 0.3) is 5.91 Å². The van der Waals surface area contributed by atoms with E-state index >= 15 is 0 Å². The fourth-order valence-electron chi connectivity index (χ4n) is 4.29. The molecule has 10 heteroatoms. The molecule has 2 aromatic carbocycles. The number of hydrogen-bond acceptors (Lipinski definition) is 5. The largest absolute Gasteiger partial charge is 0.494 e. The zero-order valence-electron chi connectivity index (χ0n) is 20.3. The molecule has 0 bridgehead atoms. The van der Waals surface area contributed by atoms with Crippen molar-refractivity contribution >= 4 is 18.0 Å². The number of amides is 2. The molecule has 1 fully saturated rings. The van der Waals surface area contributed by atoms with Crippen LogP contribution in [0.1, 0.15) is 29.9 Å². The molecule has 1 aliphatic heterocycles. The fraction of sp³-hybridized carbons (Fsp3) is 0.308. The summed E-state index contributed by atoms with van der Waals surface area (Å²) in [5.41, 5.74) is 0.887. The van der Waals surface area contributed by atoms with Crippen LogP contribution in [-0.4, -0.2) is 79.3 Å². The van der Waals surface area contributed by atoms with E-state index in [1.54, 1.807) is 10.8 Å². The Morgan fingerprint density at radius 1 is 1.08 bits per heavy atom. The van der Waals surface area contributed by atoms with Crippen LogP contribution in [0.15, 0.2) is 54.7 Å². The number of carboxylic acids is 1. The third kappa shape index (κ3) is 4.61. The summed E-state index contributed by atoms with van der Waals surface area (Å²) < 4.78 is 7.40.